The molecule has 1 aromatic heterocycles. The van der Waals surface area contributed by atoms with Gasteiger partial charge < -0.3 is 5.11 Å². The Morgan fingerprint density at radius 1 is 1.06 bits per heavy atom. The number of aromatic nitrogens is 1. The summed E-state index contributed by atoms with van der Waals surface area (Å²) < 4.78 is 0. The van der Waals surface area contributed by atoms with Crippen molar-refractivity contribution >= 4 is 0 Å². The van der Waals surface area contributed by atoms with Crippen molar-refractivity contribution < 1.29 is 5.11 Å². The highest BCUT2D eigenvalue weighted by Crippen LogP contribution is 2.20. The van der Waals surface area contributed by atoms with Gasteiger partial charge in [0, 0.05) is 23.4 Å². The van der Waals surface area contributed by atoms with Crippen LogP contribution in [0.5, 0.6) is 0 Å². The molecule has 0 saturated carbocycles. The maximum atomic E-state index is 10.2. The summed E-state index contributed by atoms with van der Waals surface area (Å²) in [5.74, 6) is 0. The van der Waals surface area contributed by atoms with E-state index in [1.54, 1.807) is 0 Å². The summed E-state index contributed by atoms with van der Waals surface area (Å²) in [6.07, 6.45) is 0.150. The van der Waals surface area contributed by atoms with Gasteiger partial charge in [0.25, 0.3) is 0 Å². The zero-order valence-electron chi connectivity index (χ0n) is 10.2. The summed E-state index contributed by atoms with van der Waals surface area (Å²) >= 11 is 0. The summed E-state index contributed by atoms with van der Waals surface area (Å²) in [6, 6.07) is 13.9. The lowest BCUT2D eigenvalue weighted by Crippen LogP contribution is -2.05. The van der Waals surface area contributed by atoms with E-state index in [2.05, 4.69) is 4.98 Å². The number of aliphatic hydroxyl groups is 1. The molecule has 0 saturated heterocycles. The molecule has 1 atom stereocenters. The fourth-order valence-electron chi connectivity index (χ4n) is 2.00. The molecule has 0 radical (unpaired) electrons. The highest BCUT2D eigenvalue weighted by atomic mass is 16.3. The van der Waals surface area contributed by atoms with Crippen molar-refractivity contribution in [2.45, 2.75) is 26.4 Å². The van der Waals surface area contributed by atoms with Crippen molar-refractivity contribution in [1.29, 1.82) is 0 Å². The van der Waals surface area contributed by atoms with Crippen LogP contribution in [0.1, 0.15) is 28.6 Å². The van der Waals surface area contributed by atoms with Crippen LogP contribution < -0.4 is 0 Å². The number of hydrogen-bond donors (Lipinski definition) is 1. The number of pyridine rings is 1. The molecule has 17 heavy (non-hydrogen) atoms. The molecule has 0 aliphatic carbocycles. The van der Waals surface area contributed by atoms with Crippen molar-refractivity contribution in [2.75, 3.05) is 0 Å². The predicted octanol–water partition coefficient (Wildman–Crippen LogP) is 2.97. The smallest absolute Gasteiger partial charge is 0.0847 e. The van der Waals surface area contributed by atoms with Crippen LogP contribution in [0.4, 0.5) is 0 Å². The number of aryl methyl sites for hydroxylation is 2. The number of rotatable bonds is 3. The largest absolute Gasteiger partial charge is 0.388 e. The Morgan fingerprint density at radius 2 is 1.76 bits per heavy atom. The molecule has 0 aliphatic heterocycles. The van der Waals surface area contributed by atoms with Crippen LogP contribution in [0.3, 0.4) is 0 Å². The van der Waals surface area contributed by atoms with Crippen LogP contribution in [0.2, 0.25) is 0 Å². The Kier molecular flexibility index (Phi) is 3.55. The van der Waals surface area contributed by atoms with Crippen LogP contribution in [-0.4, -0.2) is 10.1 Å². The first-order chi connectivity index (χ1) is 8.16. The topological polar surface area (TPSA) is 33.1 Å². The molecular weight excluding hydrogens is 210 g/mol. The van der Waals surface area contributed by atoms with Crippen LogP contribution >= 0.6 is 0 Å². The second-order valence-corrected chi connectivity index (χ2v) is 4.33. The fraction of sp³-hybridized carbons (Fsp3) is 0.267. The summed E-state index contributed by atoms with van der Waals surface area (Å²) in [4.78, 5) is 4.38. The number of hydrogen-bond acceptors (Lipinski definition) is 2. The van der Waals surface area contributed by atoms with Crippen molar-refractivity contribution in [2.24, 2.45) is 0 Å². The van der Waals surface area contributed by atoms with E-state index in [0.29, 0.717) is 6.42 Å². The first kappa shape index (κ1) is 11.8. The minimum absolute atomic E-state index is 0.481. The molecule has 2 nitrogen and oxygen atoms in total. The van der Waals surface area contributed by atoms with Gasteiger partial charge in [0.2, 0.25) is 0 Å². The Hall–Kier alpha value is -1.67. The van der Waals surface area contributed by atoms with Crippen LogP contribution in [0.25, 0.3) is 0 Å². The summed E-state index contributed by atoms with van der Waals surface area (Å²) in [5.41, 5.74) is 3.95. The van der Waals surface area contributed by atoms with Crippen molar-refractivity contribution in [3.05, 3.63) is 65.0 Å². The summed E-state index contributed by atoms with van der Waals surface area (Å²) in [6.45, 7) is 3.90. The van der Waals surface area contributed by atoms with Gasteiger partial charge in [-0.15, -0.1) is 0 Å². The highest BCUT2D eigenvalue weighted by Gasteiger charge is 2.11. The first-order valence-electron chi connectivity index (χ1n) is 5.83. The zero-order chi connectivity index (χ0) is 12.3. The third kappa shape index (κ3) is 2.92. The average Bonchev–Trinajstić information content (AvgIpc) is 2.30. The third-order valence-corrected chi connectivity index (χ3v) is 2.90. The van der Waals surface area contributed by atoms with Crippen LogP contribution in [0, 0.1) is 13.8 Å². The molecule has 2 aromatic rings. The van der Waals surface area contributed by atoms with E-state index in [1.807, 2.05) is 56.3 Å². The molecule has 88 valence electrons. The molecular formula is C15H17NO. The Morgan fingerprint density at radius 3 is 2.41 bits per heavy atom. The molecule has 0 amide bonds. The Labute approximate surface area is 102 Å². The molecule has 0 fully saturated rings. The zero-order valence-corrected chi connectivity index (χ0v) is 10.2. The number of aliphatic hydroxyl groups excluding tert-OH is 1. The number of benzene rings is 1. The van der Waals surface area contributed by atoms with E-state index in [0.717, 1.165) is 22.5 Å². The molecule has 0 aliphatic rings. The lowest BCUT2D eigenvalue weighted by atomic mass is 10.0. The van der Waals surface area contributed by atoms with Gasteiger partial charge in [0.05, 0.1) is 6.10 Å². The molecule has 1 aromatic carbocycles. The molecule has 1 unspecified atom stereocenters. The monoisotopic (exact) mass is 227 g/mol. The minimum Gasteiger partial charge on any atom is -0.388 e. The van der Waals surface area contributed by atoms with Crippen LogP contribution in [0.15, 0.2) is 42.5 Å². The molecule has 0 spiro atoms. The normalized spacial score (nSPS) is 12.4. The number of nitrogens with zero attached hydrogens (tertiary/aromatic N) is 1. The fourth-order valence-corrected chi connectivity index (χ4v) is 2.00. The van der Waals surface area contributed by atoms with Gasteiger partial charge in [-0.3, -0.25) is 4.98 Å². The lowest BCUT2D eigenvalue weighted by Gasteiger charge is -2.13. The van der Waals surface area contributed by atoms with E-state index in [-0.39, 0.29) is 0 Å². The van der Waals surface area contributed by atoms with Gasteiger partial charge in [-0.25, -0.2) is 0 Å². The van der Waals surface area contributed by atoms with Gasteiger partial charge in [0.15, 0.2) is 0 Å². The van der Waals surface area contributed by atoms with Crippen molar-refractivity contribution in [3.8, 4) is 0 Å². The maximum absolute atomic E-state index is 10.2. The molecule has 2 heteroatoms. The summed E-state index contributed by atoms with van der Waals surface area (Å²) in [5, 5.41) is 10.2. The predicted molar refractivity (Wildman–Crippen MR) is 68.8 cm³/mol. The SMILES string of the molecule is Cc1ccc(C(O)Cc2ccccc2)c(C)n1. The molecule has 2 rings (SSSR count). The Bertz CT molecular complexity index is 494. The molecule has 1 heterocycles. The second kappa shape index (κ2) is 5.11. The second-order valence-electron chi connectivity index (χ2n) is 4.33. The Balaban J connectivity index is 2.17. The van der Waals surface area contributed by atoms with Gasteiger partial charge >= 0.3 is 0 Å². The molecule has 0 bridgehead atoms. The highest BCUT2D eigenvalue weighted by molar-refractivity contribution is 5.26. The van der Waals surface area contributed by atoms with Crippen LogP contribution in [-0.2, 0) is 6.42 Å². The lowest BCUT2D eigenvalue weighted by molar-refractivity contribution is 0.177. The van der Waals surface area contributed by atoms with E-state index < -0.39 is 6.10 Å². The minimum atomic E-state index is -0.481. The maximum Gasteiger partial charge on any atom is 0.0847 e. The standard InChI is InChI=1S/C15H17NO/c1-11-8-9-14(12(2)16-11)15(17)10-13-6-4-3-5-7-13/h3-9,15,17H,10H2,1-2H3. The van der Waals surface area contributed by atoms with E-state index in [1.165, 1.54) is 0 Å². The van der Waals surface area contributed by atoms with Crippen molar-refractivity contribution in [3.63, 3.8) is 0 Å². The summed E-state index contributed by atoms with van der Waals surface area (Å²) in [7, 11) is 0. The van der Waals surface area contributed by atoms with Gasteiger partial charge in [-0.1, -0.05) is 36.4 Å². The van der Waals surface area contributed by atoms with E-state index in [4.69, 9.17) is 0 Å². The average molecular weight is 227 g/mol. The first-order valence-corrected chi connectivity index (χ1v) is 5.83. The third-order valence-electron chi connectivity index (χ3n) is 2.90. The van der Waals surface area contributed by atoms with E-state index >= 15 is 0 Å². The van der Waals surface area contributed by atoms with Gasteiger partial charge in [-0.2, -0.15) is 0 Å². The molecule has 1 N–H and O–H groups in total. The quantitative estimate of drug-likeness (QED) is 0.874. The van der Waals surface area contributed by atoms with Crippen molar-refractivity contribution in [1.82, 2.24) is 4.98 Å². The van der Waals surface area contributed by atoms with Gasteiger partial charge in [-0.05, 0) is 25.5 Å². The van der Waals surface area contributed by atoms with E-state index in [9.17, 15) is 5.11 Å². The van der Waals surface area contributed by atoms with Gasteiger partial charge in [0.1, 0.15) is 0 Å².